The highest BCUT2D eigenvalue weighted by molar-refractivity contribution is 5.93. The van der Waals surface area contributed by atoms with Crippen LogP contribution in [0.3, 0.4) is 0 Å². The number of esters is 1. The number of methoxy groups -OCH3 is 1. The molecule has 2 rings (SSSR count). The number of urea groups is 1. The molecule has 0 unspecified atom stereocenters. The third-order valence-corrected chi connectivity index (χ3v) is 4.26. The van der Waals surface area contributed by atoms with E-state index in [4.69, 9.17) is 9.47 Å². The van der Waals surface area contributed by atoms with Gasteiger partial charge >= 0.3 is 12.0 Å². The lowest BCUT2D eigenvalue weighted by Crippen LogP contribution is -2.41. The molecule has 24 heavy (non-hydrogen) atoms. The first-order valence-electron chi connectivity index (χ1n) is 8.41. The second-order valence-corrected chi connectivity index (χ2v) is 5.98. The Bertz CT molecular complexity index is 582. The molecule has 1 saturated heterocycles. The Morgan fingerprint density at radius 2 is 2.17 bits per heavy atom. The standard InChI is InChI=1S/C18H26N2O4/c1-4-20(12-15-7-5-6-10-24-15)18(22)19-16-9-8-14(11-13(16)2)17(21)23-3/h8-9,11,15H,4-7,10,12H2,1-3H3,(H,19,22)/t15-/m0/s1. The van der Waals surface area contributed by atoms with E-state index in [1.807, 2.05) is 13.8 Å². The number of nitrogens with one attached hydrogen (secondary N) is 1. The summed E-state index contributed by atoms with van der Waals surface area (Å²) in [4.78, 5) is 25.8. The van der Waals surface area contributed by atoms with Crippen LogP contribution in [0.5, 0.6) is 0 Å². The maximum absolute atomic E-state index is 12.5. The number of ether oxygens (including phenoxy) is 2. The van der Waals surface area contributed by atoms with Gasteiger partial charge in [-0.1, -0.05) is 0 Å². The molecule has 1 atom stereocenters. The summed E-state index contributed by atoms with van der Waals surface area (Å²) < 4.78 is 10.4. The van der Waals surface area contributed by atoms with Gasteiger partial charge in [0, 0.05) is 25.4 Å². The van der Waals surface area contributed by atoms with Gasteiger partial charge in [-0.3, -0.25) is 0 Å². The molecule has 6 heteroatoms. The lowest BCUT2D eigenvalue weighted by Gasteiger charge is -2.29. The molecule has 132 valence electrons. The van der Waals surface area contributed by atoms with E-state index in [-0.39, 0.29) is 18.1 Å². The van der Waals surface area contributed by atoms with Gasteiger partial charge in [0.25, 0.3) is 0 Å². The van der Waals surface area contributed by atoms with Crippen LogP contribution in [0.15, 0.2) is 18.2 Å². The lowest BCUT2D eigenvalue weighted by atomic mass is 10.1. The lowest BCUT2D eigenvalue weighted by molar-refractivity contribution is 0.00221. The minimum atomic E-state index is -0.388. The number of aryl methyl sites for hydroxylation is 1. The largest absolute Gasteiger partial charge is 0.465 e. The molecule has 6 nitrogen and oxygen atoms in total. The number of amides is 2. The van der Waals surface area contributed by atoms with Crippen molar-refractivity contribution in [3.63, 3.8) is 0 Å². The maximum atomic E-state index is 12.5. The van der Waals surface area contributed by atoms with E-state index in [2.05, 4.69) is 5.32 Å². The molecule has 1 N–H and O–H groups in total. The molecule has 0 spiro atoms. The number of hydrogen-bond donors (Lipinski definition) is 1. The van der Waals surface area contributed by atoms with E-state index in [0.717, 1.165) is 31.4 Å². The normalized spacial score (nSPS) is 17.2. The van der Waals surface area contributed by atoms with Crippen molar-refractivity contribution in [3.05, 3.63) is 29.3 Å². The number of anilines is 1. The van der Waals surface area contributed by atoms with Gasteiger partial charge in [-0.2, -0.15) is 0 Å². The predicted molar refractivity (Wildman–Crippen MR) is 92.4 cm³/mol. The Kier molecular flexibility index (Phi) is 6.61. The minimum Gasteiger partial charge on any atom is -0.465 e. The van der Waals surface area contributed by atoms with Gasteiger partial charge in [-0.25, -0.2) is 9.59 Å². The summed E-state index contributed by atoms with van der Waals surface area (Å²) >= 11 is 0. The van der Waals surface area contributed by atoms with Crippen LogP contribution in [0.25, 0.3) is 0 Å². The molecule has 1 aliphatic heterocycles. The monoisotopic (exact) mass is 334 g/mol. The number of likely N-dealkylation sites (N-methyl/N-ethyl adjacent to an activating group) is 1. The summed E-state index contributed by atoms with van der Waals surface area (Å²) in [6, 6.07) is 4.93. The highest BCUT2D eigenvalue weighted by Gasteiger charge is 2.21. The zero-order valence-corrected chi connectivity index (χ0v) is 14.6. The van der Waals surface area contributed by atoms with E-state index in [1.54, 1.807) is 23.1 Å². The quantitative estimate of drug-likeness (QED) is 0.840. The van der Waals surface area contributed by atoms with Crippen LogP contribution in [0.4, 0.5) is 10.5 Å². The van der Waals surface area contributed by atoms with Gasteiger partial charge in [-0.15, -0.1) is 0 Å². The minimum absolute atomic E-state index is 0.118. The van der Waals surface area contributed by atoms with Crippen LogP contribution in [-0.4, -0.2) is 49.8 Å². The fourth-order valence-corrected chi connectivity index (χ4v) is 2.80. The molecular weight excluding hydrogens is 308 g/mol. The zero-order valence-electron chi connectivity index (χ0n) is 14.6. The highest BCUT2D eigenvalue weighted by atomic mass is 16.5. The second kappa shape index (κ2) is 8.68. The molecule has 0 bridgehead atoms. The first kappa shape index (κ1) is 18.3. The van der Waals surface area contributed by atoms with Crippen molar-refractivity contribution < 1.29 is 19.1 Å². The van der Waals surface area contributed by atoms with Crippen LogP contribution in [-0.2, 0) is 9.47 Å². The SMILES string of the molecule is CCN(C[C@@H]1CCCCO1)C(=O)Nc1ccc(C(=O)OC)cc1C. The predicted octanol–water partition coefficient (Wildman–Crippen LogP) is 3.20. The van der Waals surface area contributed by atoms with Crippen molar-refractivity contribution in [1.82, 2.24) is 4.90 Å². The maximum Gasteiger partial charge on any atom is 0.337 e. The van der Waals surface area contributed by atoms with Gasteiger partial charge in [0.2, 0.25) is 0 Å². The van der Waals surface area contributed by atoms with Crippen molar-refractivity contribution >= 4 is 17.7 Å². The molecule has 1 aromatic rings. The Morgan fingerprint density at radius 3 is 2.75 bits per heavy atom. The molecule has 1 fully saturated rings. The number of benzene rings is 1. The summed E-state index contributed by atoms with van der Waals surface area (Å²) in [5.74, 6) is -0.388. The van der Waals surface area contributed by atoms with E-state index < -0.39 is 0 Å². The van der Waals surface area contributed by atoms with E-state index >= 15 is 0 Å². The molecule has 0 radical (unpaired) electrons. The smallest absolute Gasteiger partial charge is 0.337 e. The molecule has 1 heterocycles. The van der Waals surface area contributed by atoms with Crippen LogP contribution in [0.2, 0.25) is 0 Å². The second-order valence-electron chi connectivity index (χ2n) is 5.98. The average molecular weight is 334 g/mol. The van der Waals surface area contributed by atoms with Gasteiger partial charge in [-0.05, 0) is 56.9 Å². The average Bonchev–Trinajstić information content (AvgIpc) is 2.61. The first-order chi connectivity index (χ1) is 11.5. The van der Waals surface area contributed by atoms with Crippen molar-refractivity contribution in [3.8, 4) is 0 Å². The van der Waals surface area contributed by atoms with Crippen molar-refractivity contribution in [2.45, 2.75) is 39.2 Å². The van der Waals surface area contributed by atoms with Crippen molar-refractivity contribution in [1.29, 1.82) is 0 Å². The third kappa shape index (κ3) is 4.71. The Morgan fingerprint density at radius 1 is 1.38 bits per heavy atom. The fourth-order valence-electron chi connectivity index (χ4n) is 2.80. The van der Waals surface area contributed by atoms with Gasteiger partial charge in [0.1, 0.15) is 0 Å². The molecule has 2 amide bonds. The Labute approximate surface area is 143 Å². The van der Waals surface area contributed by atoms with Crippen molar-refractivity contribution in [2.24, 2.45) is 0 Å². The van der Waals surface area contributed by atoms with E-state index in [1.165, 1.54) is 7.11 Å². The molecule has 0 aromatic heterocycles. The number of carbonyl (C=O) groups excluding carboxylic acids is 2. The number of nitrogens with zero attached hydrogens (tertiary/aromatic N) is 1. The summed E-state index contributed by atoms with van der Waals surface area (Å²) in [6.07, 6.45) is 3.36. The zero-order chi connectivity index (χ0) is 17.5. The van der Waals surface area contributed by atoms with E-state index in [0.29, 0.717) is 24.3 Å². The summed E-state index contributed by atoms with van der Waals surface area (Å²) in [5, 5.41) is 2.91. The van der Waals surface area contributed by atoms with E-state index in [9.17, 15) is 9.59 Å². The summed E-state index contributed by atoms with van der Waals surface area (Å²) in [6.45, 7) is 5.79. The number of rotatable bonds is 5. The van der Waals surface area contributed by atoms with Crippen LogP contribution < -0.4 is 5.32 Å². The first-order valence-corrected chi connectivity index (χ1v) is 8.41. The third-order valence-electron chi connectivity index (χ3n) is 4.26. The molecule has 1 aromatic carbocycles. The van der Waals surface area contributed by atoms with Crippen LogP contribution >= 0.6 is 0 Å². The van der Waals surface area contributed by atoms with Gasteiger partial charge in [0.05, 0.1) is 18.8 Å². The molecule has 0 aliphatic carbocycles. The molecule has 0 saturated carbocycles. The Hall–Kier alpha value is -2.08. The van der Waals surface area contributed by atoms with Gasteiger partial charge < -0.3 is 19.7 Å². The van der Waals surface area contributed by atoms with Crippen molar-refractivity contribution in [2.75, 3.05) is 32.1 Å². The number of hydrogen-bond acceptors (Lipinski definition) is 4. The fraction of sp³-hybridized carbons (Fsp3) is 0.556. The summed E-state index contributed by atoms with van der Waals surface area (Å²) in [5.41, 5.74) is 1.97. The summed E-state index contributed by atoms with van der Waals surface area (Å²) in [7, 11) is 1.35. The molecular formula is C18H26N2O4. The number of carbonyl (C=O) groups is 2. The van der Waals surface area contributed by atoms with Crippen LogP contribution in [0, 0.1) is 6.92 Å². The highest BCUT2D eigenvalue weighted by Crippen LogP contribution is 2.19. The van der Waals surface area contributed by atoms with Crippen LogP contribution in [0.1, 0.15) is 42.1 Å². The molecule has 1 aliphatic rings. The Balaban J connectivity index is 2.00. The van der Waals surface area contributed by atoms with Gasteiger partial charge in [0.15, 0.2) is 0 Å². The topological polar surface area (TPSA) is 67.9 Å².